The van der Waals surface area contributed by atoms with Crippen molar-refractivity contribution >= 4 is 32.7 Å². The highest BCUT2D eigenvalue weighted by Crippen LogP contribution is 2.25. The number of fused-ring (bicyclic) bond motifs is 1. The largest absolute Gasteiger partial charge is 0.391 e. The number of carbonyl (C=O) groups is 1. The lowest BCUT2D eigenvalue weighted by molar-refractivity contribution is -0.124. The van der Waals surface area contributed by atoms with Gasteiger partial charge in [0.15, 0.2) is 0 Å². The number of nitrogens with one attached hydrogen (secondary N) is 3. The predicted molar refractivity (Wildman–Crippen MR) is 98.9 cm³/mol. The molecule has 0 bridgehead atoms. The molecule has 2 atom stereocenters. The Balaban J connectivity index is 1.65. The minimum atomic E-state index is -0.425. The number of β-amino-alcohol motifs (C(OH)–C–C–N with tert-alkyl or cyclic N) is 1. The maximum absolute atomic E-state index is 12.3. The standard InChI is InChI=1S/C18H24BrN3O2/c1-18(2,22-17(24)5-11-8-20-10-16(11)23)7-12-9-21-15-6-13(19)3-4-14(12)15/h3-4,6,9,11,16,20-21,23H,5,7-8,10H2,1-2H3,(H,22,24)/t11-,16-/m1/s1. The van der Waals surface area contributed by atoms with Gasteiger partial charge >= 0.3 is 0 Å². The third-order valence-corrected chi connectivity index (χ3v) is 5.08. The van der Waals surface area contributed by atoms with E-state index in [0.29, 0.717) is 19.5 Å². The number of aliphatic hydroxyl groups excluding tert-OH is 1. The van der Waals surface area contributed by atoms with Gasteiger partial charge in [-0.15, -0.1) is 0 Å². The molecule has 1 aliphatic heterocycles. The molecule has 0 saturated carbocycles. The summed E-state index contributed by atoms with van der Waals surface area (Å²) in [6.45, 7) is 5.34. The maximum Gasteiger partial charge on any atom is 0.220 e. The molecule has 1 aromatic heterocycles. The molecule has 2 aromatic rings. The first-order valence-electron chi connectivity index (χ1n) is 8.29. The van der Waals surface area contributed by atoms with Gasteiger partial charge in [0.05, 0.1) is 6.10 Å². The number of halogens is 1. The summed E-state index contributed by atoms with van der Waals surface area (Å²) in [5.74, 6) is 0.00146. The summed E-state index contributed by atoms with van der Waals surface area (Å²) in [7, 11) is 0. The molecule has 1 fully saturated rings. The molecule has 1 saturated heterocycles. The number of carbonyl (C=O) groups excluding carboxylic acids is 1. The molecule has 0 aliphatic carbocycles. The van der Waals surface area contributed by atoms with Crippen molar-refractivity contribution in [2.45, 2.75) is 38.3 Å². The normalized spacial score (nSPS) is 21.3. The van der Waals surface area contributed by atoms with Crippen LogP contribution in [0.15, 0.2) is 28.9 Å². The van der Waals surface area contributed by atoms with E-state index in [9.17, 15) is 9.90 Å². The Hall–Kier alpha value is -1.37. The van der Waals surface area contributed by atoms with Crippen LogP contribution in [0.4, 0.5) is 0 Å². The lowest BCUT2D eigenvalue weighted by Crippen LogP contribution is -2.46. The number of benzene rings is 1. The van der Waals surface area contributed by atoms with E-state index in [1.807, 2.05) is 26.1 Å². The summed E-state index contributed by atoms with van der Waals surface area (Å²) in [5, 5.41) is 17.2. The second-order valence-electron chi connectivity index (χ2n) is 7.30. The summed E-state index contributed by atoms with van der Waals surface area (Å²) in [6, 6.07) is 6.17. The van der Waals surface area contributed by atoms with E-state index in [4.69, 9.17) is 0 Å². The van der Waals surface area contributed by atoms with Crippen LogP contribution in [0.25, 0.3) is 10.9 Å². The molecule has 130 valence electrons. The zero-order valence-corrected chi connectivity index (χ0v) is 15.6. The molecule has 4 N–H and O–H groups in total. The van der Waals surface area contributed by atoms with Gasteiger partial charge in [0.1, 0.15) is 0 Å². The van der Waals surface area contributed by atoms with Crippen LogP contribution >= 0.6 is 15.9 Å². The Kier molecular flexibility index (Phi) is 4.99. The summed E-state index contributed by atoms with van der Waals surface area (Å²) in [5.41, 5.74) is 1.92. The minimum absolute atomic E-state index is 0.00432. The van der Waals surface area contributed by atoms with E-state index in [1.54, 1.807) is 0 Å². The van der Waals surface area contributed by atoms with Gasteiger partial charge in [0.2, 0.25) is 5.91 Å². The van der Waals surface area contributed by atoms with E-state index in [-0.39, 0.29) is 17.4 Å². The fraction of sp³-hybridized carbons (Fsp3) is 0.500. The molecule has 3 rings (SSSR count). The fourth-order valence-electron chi connectivity index (χ4n) is 3.42. The van der Waals surface area contributed by atoms with Gasteiger partial charge in [-0.2, -0.15) is 0 Å². The molecular weight excluding hydrogens is 370 g/mol. The minimum Gasteiger partial charge on any atom is -0.391 e. The zero-order chi connectivity index (χ0) is 17.3. The Morgan fingerprint density at radius 3 is 2.92 bits per heavy atom. The molecule has 0 radical (unpaired) electrons. The van der Waals surface area contributed by atoms with Crippen LogP contribution in [-0.4, -0.2) is 40.7 Å². The van der Waals surface area contributed by atoms with Crippen LogP contribution in [0, 0.1) is 5.92 Å². The van der Waals surface area contributed by atoms with Crippen molar-refractivity contribution in [3.8, 4) is 0 Å². The fourth-order valence-corrected chi connectivity index (χ4v) is 3.78. The van der Waals surface area contributed by atoms with Crippen LogP contribution in [0.1, 0.15) is 25.8 Å². The number of rotatable bonds is 5. The molecule has 24 heavy (non-hydrogen) atoms. The quantitative estimate of drug-likeness (QED) is 0.629. The molecule has 0 unspecified atom stereocenters. The number of hydrogen-bond donors (Lipinski definition) is 4. The highest BCUT2D eigenvalue weighted by molar-refractivity contribution is 9.10. The van der Waals surface area contributed by atoms with Gasteiger partial charge < -0.3 is 20.7 Å². The van der Waals surface area contributed by atoms with Gasteiger partial charge in [-0.1, -0.05) is 22.0 Å². The Morgan fingerprint density at radius 1 is 1.42 bits per heavy atom. The third-order valence-electron chi connectivity index (χ3n) is 4.59. The zero-order valence-electron chi connectivity index (χ0n) is 14.0. The number of amides is 1. The first-order valence-corrected chi connectivity index (χ1v) is 9.09. The molecule has 1 amide bonds. The maximum atomic E-state index is 12.3. The SMILES string of the molecule is CC(C)(Cc1c[nH]c2cc(Br)ccc12)NC(=O)C[C@@H]1CNC[C@H]1O. The lowest BCUT2D eigenvalue weighted by atomic mass is 9.93. The number of aromatic nitrogens is 1. The van der Waals surface area contributed by atoms with Gasteiger partial charge in [-0.3, -0.25) is 4.79 Å². The number of hydrogen-bond acceptors (Lipinski definition) is 3. The Labute approximate surface area is 150 Å². The van der Waals surface area contributed by atoms with Crippen molar-refractivity contribution in [1.82, 2.24) is 15.6 Å². The summed E-state index contributed by atoms with van der Waals surface area (Å²) >= 11 is 3.48. The Morgan fingerprint density at radius 2 is 2.21 bits per heavy atom. The van der Waals surface area contributed by atoms with Crippen molar-refractivity contribution < 1.29 is 9.90 Å². The van der Waals surface area contributed by atoms with Crippen molar-refractivity contribution in [1.29, 1.82) is 0 Å². The van der Waals surface area contributed by atoms with Crippen molar-refractivity contribution in [3.05, 3.63) is 34.4 Å². The highest BCUT2D eigenvalue weighted by Gasteiger charge is 2.29. The smallest absolute Gasteiger partial charge is 0.220 e. The predicted octanol–water partition coefficient (Wildman–Crippen LogP) is 2.34. The number of aliphatic hydroxyl groups is 1. The van der Waals surface area contributed by atoms with Crippen LogP contribution < -0.4 is 10.6 Å². The molecule has 0 spiro atoms. The average Bonchev–Trinajstić information content (AvgIpc) is 3.05. The van der Waals surface area contributed by atoms with Gasteiger partial charge in [0, 0.05) is 52.5 Å². The summed E-state index contributed by atoms with van der Waals surface area (Å²) in [4.78, 5) is 15.6. The highest BCUT2D eigenvalue weighted by atomic mass is 79.9. The first kappa shape index (κ1) is 17.5. The lowest BCUT2D eigenvalue weighted by Gasteiger charge is -2.27. The first-order chi connectivity index (χ1) is 11.3. The van der Waals surface area contributed by atoms with E-state index in [0.717, 1.165) is 16.4 Å². The van der Waals surface area contributed by atoms with E-state index < -0.39 is 6.10 Å². The monoisotopic (exact) mass is 393 g/mol. The molecule has 1 aliphatic rings. The molecular formula is C18H24BrN3O2. The van der Waals surface area contributed by atoms with E-state index in [2.05, 4.69) is 43.7 Å². The average molecular weight is 394 g/mol. The number of aromatic amines is 1. The molecule has 1 aromatic carbocycles. The topological polar surface area (TPSA) is 77.2 Å². The Bertz CT molecular complexity index is 741. The van der Waals surface area contributed by atoms with Crippen LogP contribution in [0.2, 0.25) is 0 Å². The molecule has 2 heterocycles. The second-order valence-corrected chi connectivity index (χ2v) is 8.22. The molecule has 5 nitrogen and oxygen atoms in total. The summed E-state index contributed by atoms with van der Waals surface area (Å²) in [6.07, 6.45) is 2.69. The van der Waals surface area contributed by atoms with Crippen molar-refractivity contribution in [2.24, 2.45) is 5.92 Å². The second kappa shape index (κ2) is 6.86. The molecule has 6 heteroatoms. The van der Waals surface area contributed by atoms with Crippen molar-refractivity contribution in [2.75, 3.05) is 13.1 Å². The van der Waals surface area contributed by atoms with E-state index in [1.165, 1.54) is 10.9 Å². The van der Waals surface area contributed by atoms with Crippen LogP contribution in [-0.2, 0) is 11.2 Å². The van der Waals surface area contributed by atoms with Crippen molar-refractivity contribution in [3.63, 3.8) is 0 Å². The summed E-state index contributed by atoms with van der Waals surface area (Å²) < 4.78 is 1.04. The van der Waals surface area contributed by atoms with Crippen LogP contribution in [0.3, 0.4) is 0 Å². The van der Waals surface area contributed by atoms with E-state index >= 15 is 0 Å². The number of H-pyrrole nitrogens is 1. The van der Waals surface area contributed by atoms with Gasteiger partial charge in [0.25, 0.3) is 0 Å². The van der Waals surface area contributed by atoms with Gasteiger partial charge in [-0.25, -0.2) is 0 Å². The third kappa shape index (κ3) is 3.99. The van der Waals surface area contributed by atoms with Gasteiger partial charge in [-0.05, 0) is 38.0 Å². The van der Waals surface area contributed by atoms with Crippen LogP contribution in [0.5, 0.6) is 0 Å².